The predicted octanol–water partition coefficient (Wildman–Crippen LogP) is 2.61. The van der Waals surface area contributed by atoms with Crippen LogP contribution in [-0.4, -0.2) is 16.1 Å². The Kier molecular flexibility index (Phi) is 2.71. The average molecular weight is 205 g/mol. The van der Waals surface area contributed by atoms with E-state index >= 15 is 0 Å². The molecule has 1 aromatic heterocycles. The molecule has 3 nitrogen and oxygen atoms in total. The minimum absolute atomic E-state index is 0.377. The molecule has 0 aromatic carbocycles. The third-order valence-corrected chi connectivity index (χ3v) is 3.13. The van der Waals surface area contributed by atoms with E-state index in [0.29, 0.717) is 23.6 Å². The maximum Gasteiger partial charge on any atom is 0.337 e. The Morgan fingerprint density at radius 2 is 2.33 bits per heavy atom. The highest BCUT2D eigenvalue weighted by Crippen LogP contribution is 2.36. The minimum Gasteiger partial charge on any atom is -0.478 e. The van der Waals surface area contributed by atoms with Crippen molar-refractivity contribution in [2.24, 2.45) is 0 Å². The van der Waals surface area contributed by atoms with Crippen LogP contribution < -0.4 is 0 Å². The summed E-state index contributed by atoms with van der Waals surface area (Å²) in [6.07, 6.45) is 6.11. The molecule has 0 spiro atoms. The molecule has 0 aliphatic heterocycles. The van der Waals surface area contributed by atoms with E-state index in [2.05, 4.69) is 4.98 Å². The molecule has 0 bridgehead atoms. The van der Waals surface area contributed by atoms with E-state index in [9.17, 15) is 4.79 Å². The van der Waals surface area contributed by atoms with Crippen molar-refractivity contribution in [3.63, 3.8) is 0 Å². The van der Waals surface area contributed by atoms with Crippen LogP contribution in [-0.2, 0) is 6.42 Å². The average Bonchev–Trinajstić information content (AvgIpc) is 2.15. The number of pyridine rings is 1. The van der Waals surface area contributed by atoms with Gasteiger partial charge in [-0.3, -0.25) is 4.98 Å². The monoisotopic (exact) mass is 205 g/mol. The molecule has 2 rings (SSSR count). The Morgan fingerprint density at radius 1 is 1.60 bits per heavy atom. The molecule has 1 aromatic rings. The molecule has 1 aliphatic carbocycles. The molecule has 0 saturated heterocycles. The van der Waals surface area contributed by atoms with Crippen LogP contribution in [0.2, 0.25) is 0 Å². The Labute approximate surface area is 89.2 Å². The predicted molar refractivity (Wildman–Crippen MR) is 57.2 cm³/mol. The van der Waals surface area contributed by atoms with Gasteiger partial charge in [0.15, 0.2) is 0 Å². The Bertz CT molecular complexity index is 383. The summed E-state index contributed by atoms with van der Waals surface area (Å²) in [6, 6.07) is 1.80. The number of carboxylic acids is 1. The second kappa shape index (κ2) is 4.01. The number of hydrogen-bond donors (Lipinski definition) is 1. The van der Waals surface area contributed by atoms with Crippen molar-refractivity contribution in [3.05, 3.63) is 29.1 Å². The van der Waals surface area contributed by atoms with Crippen LogP contribution >= 0.6 is 0 Å². The van der Waals surface area contributed by atoms with Gasteiger partial charge in [-0.2, -0.15) is 0 Å². The van der Waals surface area contributed by atoms with Gasteiger partial charge in [-0.1, -0.05) is 13.3 Å². The van der Waals surface area contributed by atoms with Gasteiger partial charge in [0.2, 0.25) is 0 Å². The zero-order chi connectivity index (χ0) is 10.8. The van der Waals surface area contributed by atoms with Crippen LogP contribution in [0.5, 0.6) is 0 Å². The first-order chi connectivity index (χ1) is 7.22. The van der Waals surface area contributed by atoms with Gasteiger partial charge in [0.05, 0.1) is 11.3 Å². The standard InChI is InChI=1S/C12H15NO2/c1-2-11-10(12(14)15)6-9(7-13-11)8-4-3-5-8/h6-8H,2-5H2,1H3,(H,14,15). The topological polar surface area (TPSA) is 50.2 Å². The van der Waals surface area contributed by atoms with Crippen LogP contribution in [0.15, 0.2) is 12.3 Å². The Balaban J connectivity index is 2.35. The van der Waals surface area contributed by atoms with Crippen LogP contribution in [0, 0.1) is 0 Å². The molecule has 0 amide bonds. The number of aryl methyl sites for hydroxylation is 1. The fraction of sp³-hybridized carbons (Fsp3) is 0.500. The van der Waals surface area contributed by atoms with E-state index in [1.807, 2.05) is 13.1 Å². The summed E-state index contributed by atoms with van der Waals surface area (Å²) >= 11 is 0. The molecule has 1 heterocycles. The van der Waals surface area contributed by atoms with Gasteiger partial charge in [-0.25, -0.2) is 4.79 Å². The minimum atomic E-state index is -0.861. The third-order valence-electron chi connectivity index (χ3n) is 3.13. The SMILES string of the molecule is CCc1ncc(C2CCC2)cc1C(=O)O. The summed E-state index contributed by atoms with van der Waals surface area (Å²) < 4.78 is 0. The lowest BCUT2D eigenvalue weighted by molar-refractivity contribution is 0.0695. The van der Waals surface area contributed by atoms with E-state index in [4.69, 9.17) is 5.11 Å². The molecule has 3 heteroatoms. The molecule has 0 radical (unpaired) electrons. The first kappa shape index (κ1) is 10.1. The lowest BCUT2D eigenvalue weighted by atomic mass is 9.80. The van der Waals surface area contributed by atoms with Crippen LogP contribution in [0.4, 0.5) is 0 Å². The fourth-order valence-corrected chi connectivity index (χ4v) is 1.94. The zero-order valence-electron chi connectivity index (χ0n) is 8.86. The first-order valence-electron chi connectivity index (χ1n) is 5.44. The van der Waals surface area contributed by atoms with Gasteiger partial charge < -0.3 is 5.11 Å². The van der Waals surface area contributed by atoms with Gasteiger partial charge >= 0.3 is 5.97 Å². The van der Waals surface area contributed by atoms with Gasteiger partial charge in [0.25, 0.3) is 0 Å². The van der Waals surface area contributed by atoms with E-state index in [1.165, 1.54) is 19.3 Å². The quantitative estimate of drug-likeness (QED) is 0.825. The van der Waals surface area contributed by atoms with E-state index in [1.54, 1.807) is 6.07 Å². The van der Waals surface area contributed by atoms with Crippen molar-refractivity contribution in [1.82, 2.24) is 4.98 Å². The third kappa shape index (κ3) is 1.87. The number of aromatic carboxylic acids is 1. The first-order valence-corrected chi connectivity index (χ1v) is 5.44. The van der Waals surface area contributed by atoms with E-state index in [-0.39, 0.29) is 0 Å². The normalized spacial score (nSPS) is 16.1. The summed E-state index contributed by atoms with van der Waals surface area (Å²) in [5.74, 6) is -0.318. The van der Waals surface area contributed by atoms with Crippen molar-refractivity contribution < 1.29 is 9.90 Å². The number of aromatic nitrogens is 1. The fourth-order valence-electron chi connectivity index (χ4n) is 1.94. The maximum atomic E-state index is 11.0. The molecule has 1 aliphatic rings. The summed E-state index contributed by atoms with van der Waals surface area (Å²) in [6.45, 7) is 1.93. The number of carboxylic acid groups (broad SMARTS) is 1. The highest BCUT2D eigenvalue weighted by molar-refractivity contribution is 5.89. The van der Waals surface area contributed by atoms with Crippen LogP contribution in [0.3, 0.4) is 0 Å². The van der Waals surface area contributed by atoms with Crippen LogP contribution in [0.25, 0.3) is 0 Å². The molecule has 0 atom stereocenters. The van der Waals surface area contributed by atoms with Gasteiger partial charge in [0, 0.05) is 6.20 Å². The van der Waals surface area contributed by atoms with Gasteiger partial charge in [-0.05, 0) is 36.8 Å². The highest BCUT2D eigenvalue weighted by atomic mass is 16.4. The number of rotatable bonds is 3. The summed E-state index contributed by atoms with van der Waals surface area (Å²) in [7, 11) is 0. The molecule has 15 heavy (non-hydrogen) atoms. The van der Waals surface area contributed by atoms with Crippen molar-refractivity contribution >= 4 is 5.97 Å². The van der Waals surface area contributed by atoms with Gasteiger partial charge in [0.1, 0.15) is 0 Å². The maximum absolute atomic E-state index is 11.0. The second-order valence-electron chi connectivity index (χ2n) is 4.05. The number of nitrogens with zero attached hydrogens (tertiary/aromatic N) is 1. The smallest absolute Gasteiger partial charge is 0.337 e. The highest BCUT2D eigenvalue weighted by Gasteiger charge is 2.21. The number of carbonyl (C=O) groups is 1. The molecular formula is C12H15NO2. The number of hydrogen-bond acceptors (Lipinski definition) is 2. The lowest BCUT2D eigenvalue weighted by Gasteiger charge is -2.25. The summed E-state index contributed by atoms with van der Waals surface area (Å²) in [5, 5.41) is 9.05. The largest absolute Gasteiger partial charge is 0.478 e. The van der Waals surface area contributed by atoms with Gasteiger partial charge in [-0.15, -0.1) is 0 Å². The molecule has 80 valence electrons. The lowest BCUT2D eigenvalue weighted by Crippen LogP contribution is -2.12. The molecular weight excluding hydrogens is 190 g/mol. The zero-order valence-corrected chi connectivity index (χ0v) is 8.86. The summed E-state index contributed by atoms with van der Waals surface area (Å²) in [5.41, 5.74) is 2.16. The Hall–Kier alpha value is -1.38. The van der Waals surface area contributed by atoms with Crippen LogP contribution in [0.1, 0.15) is 53.7 Å². The molecule has 1 fully saturated rings. The van der Waals surface area contributed by atoms with Crippen molar-refractivity contribution in [2.75, 3.05) is 0 Å². The molecule has 1 saturated carbocycles. The van der Waals surface area contributed by atoms with Crippen molar-refractivity contribution in [1.29, 1.82) is 0 Å². The second-order valence-corrected chi connectivity index (χ2v) is 4.05. The van der Waals surface area contributed by atoms with E-state index < -0.39 is 5.97 Å². The van der Waals surface area contributed by atoms with Crippen molar-refractivity contribution in [2.45, 2.75) is 38.5 Å². The summed E-state index contributed by atoms with van der Waals surface area (Å²) in [4.78, 5) is 15.3. The molecule has 1 N–H and O–H groups in total. The van der Waals surface area contributed by atoms with Crippen molar-refractivity contribution in [3.8, 4) is 0 Å². The molecule has 0 unspecified atom stereocenters. The Morgan fingerprint density at radius 3 is 2.80 bits per heavy atom. The van der Waals surface area contributed by atoms with E-state index in [0.717, 1.165) is 5.56 Å².